The summed E-state index contributed by atoms with van der Waals surface area (Å²) in [5, 5.41) is 0. The van der Waals surface area contributed by atoms with E-state index < -0.39 is 61.2 Å². The quantitative estimate of drug-likeness (QED) is 0.483. The van der Waals surface area contributed by atoms with Crippen molar-refractivity contribution >= 4 is 0 Å². The van der Waals surface area contributed by atoms with E-state index >= 15 is 0 Å². The predicted octanol–water partition coefficient (Wildman–Crippen LogP) is 5.78. The molecule has 0 bridgehead atoms. The molecule has 0 radical (unpaired) electrons. The van der Waals surface area contributed by atoms with Crippen LogP contribution in [0.3, 0.4) is 0 Å². The van der Waals surface area contributed by atoms with E-state index in [9.17, 15) is 52.7 Å². The summed E-state index contributed by atoms with van der Waals surface area (Å²) >= 11 is 0. The van der Waals surface area contributed by atoms with E-state index in [0.717, 1.165) is 0 Å². The fourth-order valence-electron chi connectivity index (χ4n) is 2.56. The summed E-state index contributed by atoms with van der Waals surface area (Å²) in [6.45, 7) is 0. The highest BCUT2D eigenvalue weighted by atomic mass is 19.4. The van der Waals surface area contributed by atoms with Gasteiger partial charge in [-0.25, -0.2) is 0 Å². The van der Waals surface area contributed by atoms with Crippen molar-refractivity contribution < 1.29 is 52.7 Å². The lowest BCUT2D eigenvalue weighted by atomic mass is 9.62. The van der Waals surface area contributed by atoms with Gasteiger partial charge in [0.25, 0.3) is 0 Å². The summed E-state index contributed by atoms with van der Waals surface area (Å²) in [6, 6.07) is 0. The lowest BCUT2D eigenvalue weighted by molar-refractivity contribution is -0.393. The van der Waals surface area contributed by atoms with E-state index in [1.807, 2.05) is 0 Å². The Morgan fingerprint density at radius 3 is 0.591 bits per heavy atom. The summed E-state index contributed by atoms with van der Waals surface area (Å²) in [5.41, 5.74) is -9.11. The van der Waals surface area contributed by atoms with Crippen molar-refractivity contribution in [2.45, 2.75) is 50.4 Å². The summed E-state index contributed by atoms with van der Waals surface area (Å²) in [6.07, 6.45) is -33.2. The smallest absolute Gasteiger partial charge is 0.170 e. The molecule has 1 fully saturated rings. The molecule has 22 heavy (non-hydrogen) atoms. The molecular formula is C10H8F12. The molecule has 0 nitrogen and oxygen atoms in total. The summed E-state index contributed by atoms with van der Waals surface area (Å²) < 4.78 is 152. The Labute approximate surface area is 115 Å². The highest BCUT2D eigenvalue weighted by molar-refractivity contribution is 5.05. The Kier molecular flexibility index (Phi) is 4.21. The first-order chi connectivity index (χ1) is 9.41. The molecular weight excluding hydrogens is 348 g/mol. The lowest BCUT2D eigenvalue weighted by Crippen LogP contribution is -2.59. The Bertz CT molecular complexity index is 326. The van der Waals surface area contributed by atoms with Gasteiger partial charge in [-0.2, -0.15) is 52.7 Å². The Morgan fingerprint density at radius 1 is 0.364 bits per heavy atom. The summed E-state index contributed by atoms with van der Waals surface area (Å²) in [5.74, 6) is 0. The van der Waals surface area contributed by atoms with Crippen LogP contribution in [0.2, 0.25) is 0 Å². The summed E-state index contributed by atoms with van der Waals surface area (Å²) in [4.78, 5) is 0. The van der Waals surface area contributed by atoms with Gasteiger partial charge in [0.1, 0.15) is 0 Å². The minimum Gasteiger partial charge on any atom is -0.170 e. The van der Waals surface area contributed by atoms with E-state index in [0.29, 0.717) is 0 Å². The highest BCUT2D eigenvalue weighted by Crippen LogP contribution is 2.67. The minimum atomic E-state index is -5.99. The largest absolute Gasteiger partial charge is 0.403 e. The van der Waals surface area contributed by atoms with E-state index in [-0.39, 0.29) is 0 Å². The molecule has 1 aliphatic carbocycles. The first-order valence-electron chi connectivity index (χ1n) is 5.68. The number of rotatable bonds is 0. The van der Waals surface area contributed by atoms with Crippen LogP contribution in [0.15, 0.2) is 0 Å². The third-order valence-electron chi connectivity index (χ3n) is 4.13. The van der Waals surface area contributed by atoms with Gasteiger partial charge in [0.05, 0.1) is 0 Å². The second-order valence-corrected chi connectivity index (χ2v) is 5.16. The van der Waals surface area contributed by atoms with Crippen molar-refractivity contribution in [1.29, 1.82) is 0 Å². The Hall–Kier alpha value is -0.840. The number of hydrogen-bond donors (Lipinski definition) is 0. The van der Waals surface area contributed by atoms with Crippen LogP contribution in [0, 0.1) is 10.8 Å². The Balaban J connectivity index is 3.30. The molecule has 0 aromatic heterocycles. The molecule has 132 valence electrons. The second-order valence-electron chi connectivity index (χ2n) is 5.16. The monoisotopic (exact) mass is 356 g/mol. The fraction of sp³-hybridized carbons (Fsp3) is 1.00. The number of hydrogen-bond acceptors (Lipinski definition) is 0. The van der Waals surface area contributed by atoms with Gasteiger partial charge in [0, 0.05) is 0 Å². The average molecular weight is 356 g/mol. The maximum atomic E-state index is 12.7. The van der Waals surface area contributed by atoms with E-state index in [1.54, 1.807) is 0 Å². The third-order valence-corrected chi connectivity index (χ3v) is 4.13. The third kappa shape index (κ3) is 2.61. The van der Waals surface area contributed by atoms with Crippen molar-refractivity contribution in [3.05, 3.63) is 0 Å². The molecule has 0 N–H and O–H groups in total. The van der Waals surface area contributed by atoms with Gasteiger partial charge in [-0.15, -0.1) is 0 Å². The number of halogens is 12. The zero-order valence-electron chi connectivity index (χ0n) is 10.4. The maximum Gasteiger partial charge on any atom is 0.403 e. The zero-order valence-corrected chi connectivity index (χ0v) is 10.4. The SMILES string of the molecule is FC(F)(F)C1(C(F)(F)F)CCC(C(F)(F)F)(C(F)(F)F)CC1. The average Bonchev–Trinajstić information content (AvgIpc) is 2.22. The van der Waals surface area contributed by atoms with Crippen molar-refractivity contribution in [2.24, 2.45) is 10.8 Å². The van der Waals surface area contributed by atoms with E-state index in [2.05, 4.69) is 0 Å². The van der Waals surface area contributed by atoms with Crippen molar-refractivity contribution in [3.8, 4) is 0 Å². The topological polar surface area (TPSA) is 0 Å². The van der Waals surface area contributed by atoms with Gasteiger partial charge < -0.3 is 0 Å². The highest BCUT2D eigenvalue weighted by Gasteiger charge is 2.78. The van der Waals surface area contributed by atoms with Crippen molar-refractivity contribution in [1.82, 2.24) is 0 Å². The standard InChI is InChI=1S/C10H8F12/c11-7(12,13)5(8(14,15)16)1-2-6(4-3-5,9(17,18)19)10(20,21)22/h1-4H2. The van der Waals surface area contributed by atoms with Gasteiger partial charge in [0.2, 0.25) is 0 Å². The molecule has 0 unspecified atom stereocenters. The van der Waals surface area contributed by atoms with E-state index in [4.69, 9.17) is 0 Å². The summed E-state index contributed by atoms with van der Waals surface area (Å²) in [7, 11) is 0. The van der Waals surface area contributed by atoms with Crippen LogP contribution < -0.4 is 0 Å². The van der Waals surface area contributed by atoms with Crippen LogP contribution in [0.1, 0.15) is 25.7 Å². The zero-order chi connectivity index (χ0) is 17.8. The fourth-order valence-corrected chi connectivity index (χ4v) is 2.56. The lowest BCUT2D eigenvalue weighted by Gasteiger charge is -2.48. The first kappa shape index (κ1) is 19.2. The molecule has 1 rings (SSSR count). The second kappa shape index (κ2) is 4.83. The van der Waals surface area contributed by atoms with Crippen LogP contribution in [-0.4, -0.2) is 24.7 Å². The van der Waals surface area contributed by atoms with Crippen LogP contribution in [0.4, 0.5) is 52.7 Å². The molecule has 0 saturated heterocycles. The molecule has 0 heterocycles. The van der Waals surface area contributed by atoms with Crippen molar-refractivity contribution in [2.75, 3.05) is 0 Å². The van der Waals surface area contributed by atoms with E-state index in [1.165, 1.54) is 0 Å². The normalized spacial score (nSPS) is 23.5. The molecule has 0 atom stereocenters. The van der Waals surface area contributed by atoms with Gasteiger partial charge in [0.15, 0.2) is 10.8 Å². The number of alkyl halides is 12. The molecule has 1 aliphatic rings. The minimum absolute atomic E-state index is 2.32. The van der Waals surface area contributed by atoms with Crippen molar-refractivity contribution in [3.63, 3.8) is 0 Å². The molecule has 0 aromatic carbocycles. The molecule has 12 heteroatoms. The van der Waals surface area contributed by atoms with Crippen LogP contribution in [0.5, 0.6) is 0 Å². The molecule has 1 saturated carbocycles. The molecule has 0 aromatic rings. The van der Waals surface area contributed by atoms with Gasteiger partial charge in [-0.1, -0.05) is 0 Å². The van der Waals surface area contributed by atoms with Crippen LogP contribution in [0.25, 0.3) is 0 Å². The maximum absolute atomic E-state index is 12.7. The predicted molar refractivity (Wildman–Crippen MR) is 47.6 cm³/mol. The van der Waals surface area contributed by atoms with Gasteiger partial charge in [-0.3, -0.25) is 0 Å². The van der Waals surface area contributed by atoms with Crippen LogP contribution >= 0.6 is 0 Å². The molecule has 0 amide bonds. The first-order valence-corrected chi connectivity index (χ1v) is 5.68. The molecule has 0 spiro atoms. The van der Waals surface area contributed by atoms with Crippen LogP contribution in [-0.2, 0) is 0 Å². The van der Waals surface area contributed by atoms with Gasteiger partial charge in [-0.05, 0) is 25.7 Å². The van der Waals surface area contributed by atoms with Gasteiger partial charge >= 0.3 is 24.7 Å². The molecule has 0 aliphatic heterocycles. The Morgan fingerprint density at radius 2 is 0.500 bits per heavy atom.